The molecule has 0 saturated carbocycles. The number of hydrogen-bond acceptors (Lipinski definition) is 4. The lowest BCUT2D eigenvalue weighted by molar-refractivity contribution is -0.120. The highest BCUT2D eigenvalue weighted by molar-refractivity contribution is 5.95. The van der Waals surface area contributed by atoms with Gasteiger partial charge in [-0.3, -0.25) is 4.79 Å². The minimum Gasteiger partial charge on any atom is -0.357 e. The van der Waals surface area contributed by atoms with E-state index in [4.69, 9.17) is 5.26 Å². The van der Waals surface area contributed by atoms with Crippen molar-refractivity contribution in [2.45, 2.75) is 12.8 Å². The molecule has 1 aromatic heterocycles. The normalized spacial score (nSPS) is 14.7. The van der Waals surface area contributed by atoms with Gasteiger partial charge in [0.15, 0.2) is 0 Å². The summed E-state index contributed by atoms with van der Waals surface area (Å²) in [5.74, 6) is 0.950. The predicted octanol–water partition coefficient (Wildman–Crippen LogP) is 3.96. The second kappa shape index (κ2) is 7.46. The summed E-state index contributed by atoms with van der Waals surface area (Å²) in [6, 6.07) is 19.9. The third-order valence-electron chi connectivity index (χ3n) is 5.08. The molecule has 1 amide bonds. The second-order valence-electron chi connectivity index (χ2n) is 6.83. The third-order valence-corrected chi connectivity index (χ3v) is 5.08. The van der Waals surface area contributed by atoms with Crippen LogP contribution in [0.1, 0.15) is 18.4 Å². The van der Waals surface area contributed by atoms with Crippen LogP contribution in [-0.4, -0.2) is 24.0 Å². The zero-order valence-corrected chi connectivity index (χ0v) is 14.9. The minimum atomic E-state index is 0.00565. The molecule has 0 radical (unpaired) electrons. The van der Waals surface area contributed by atoms with Crippen LogP contribution in [0.2, 0.25) is 0 Å². The van der Waals surface area contributed by atoms with Gasteiger partial charge in [-0.15, -0.1) is 0 Å². The number of rotatable bonds is 3. The highest BCUT2D eigenvalue weighted by Crippen LogP contribution is 2.24. The van der Waals surface area contributed by atoms with Gasteiger partial charge in [0, 0.05) is 30.9 Å². The molecule has 0 spiro atoms. The lowest BCUT2D eigenvalue weighted by atomic mass is 9.95. The first-order chi connectivity index (χ1) is 13.2. The van der Waals surface area contributed by atoms with E-state index in [-0.39, 0.29) is 11.8 Å². The maximum Gasteiger partial charge on any atom is 0.227 e. The van der Waals surface area contributed by atoms with Crippen molar-refractivity contribution in [3.8, 4) is 6.07 Å². The van der Waals surface area contributed by atoms with Gasteiger partial charge in [0.05, 0.1) is 5.56 Å². The van der Waals surface area contributed by atoms with Gasteiger partial charge in [0.25, 0.3) is 0 Å². The molecule has 1 aliphatic rings. The van der Waals surface area contributed by atoms with Gasteiger partial charge in [-0.1, -0.05) is 30.3 Å². The molecule has 2 aromatic carbocycles. The van der Waals surface area contributed by atoms with E-state index in [0.29, 0.717) is 5.56 Å². The Balaban J connectivity index is 1.37. The number of nitriles is 1. The number of carbonyl (C=O) groups is 1. The fourth-order valence-corrected chi connectivity index (χ4v) is 3.52. The molecule has 0 unspecified atom stereocenters. The number of amides is 1. The van der Waals surface area contributed by atoms with Gasteiger partial charge in [-0.25, -0.2) is 4.98 Å². The fourth-order valence-electron chi connectivity index (χ4n) is 3.52. The maximum absolute atomic E-state index is 12.6. The smallest absolute Gasteiger partial charge is 0.227 e. The largest absolute Gasteiger partial charge is 0.357 e. The van der Waals surface area contributed by atoms with Crippen molar-refractivity contribution in [3.63, 3.8) is 0 Å². The molecule has 0 bridgehead atoms. The van der Waals surface area contributed by atoms with E-state index in [0.717, 1.165) is 42.8 Å². The molecule has 5 nitrogen and oxygen atoms in total. The number of anilines is 2. The maximum atomic E-state index is 12.6. The van der Waals surface area contributed by atoms with Gasteiger partial charge in [0.1, 0.15) is 11.9 Å². The topological polar surface area (TPSA) is 69.0 Å². The minimum absolute atomic E-state index is 0.00565. The molecule has 1 N–H and O–H groups in total. The van der Waals surface area contributed by atoms with E-state index in [1.807, 2.05) is 42.5 Å². The summed E-state index contributed by atoms with van der Waals surface area (Å²) in [6.45, 7) is 1.57. The molecule has 27 heavy (non-hydrogen) atoms. The van der Waals surface area contributed by atoms with E-state index in [9.17, 15) is 4.79 Å². The van der Waals surface area contributed by atoms with Gasteiger partial charge in [0.2, 0.25) is 5.91 Å². The van der Waals surface area contributed by atoms with Crippen molar-refractivity contribution < 1.29 is 4.79 Å². The Morgan fingerprint density at radius 3 is 2.56 bits per heavy atom. The van der Waals surface area contributed by atoms with Crippen LogP contribution < -0.4 is 10.2 Å². The van der Waals surface area contributed by atoms with Gasteiger partial charge < -0.3 is 10.2 Å². The Kier molecular flexibility index (Phi) is 4.71. The molecule has 0 aliphatic carbocycles. The van der Waals surface area contributed by atoms with Gasteiger partial charge >= 0.3 is 0 Å². The number of hydrogen-bond donors (Lipinski definition) is 1. The zero-order valence-electron chi connectivity index (χ0n) is 14.9. The number of benzene rings is 2. The highest BCUT2D eigenvalue weighted by atomic mass is 16.1. The third kappa shape index (κ3) is 3.75. The Morgan fingerprint density at radius 1 is 1.07 bits per heavy atom. The van der Waals surface area contributed by atoms with Gasteiger partial charge in [-0.2, -0.15) is 5.26 Å². The zero-order chi connectivity index (χ0) is 18.6. The number of fused-ring (bicyclic) bond motifs is 1. The monoisotopic (exact) mass is 356 g/mol. The first kappa shape index (κ1) is 17.0. The van der Waals surface area contributed by atoms with Crippen LogP contribution in [0.25, 0.3) is 10.8 Å². The summed E-state index contributed by atoms with van der Waals surface area (Å²) in [6.07, 6.45) is 3.18. The average molecular weight is 356 g/mol. The number of carbonyl (C=O) groups excluding carboxylic acids is 1. The summed E-state index contributed by atoms with van der Waals surface area (Å²) in [5.41, 5.74) is 1.40. The molecule has 1 aliphatic heterocycles. The summed E-state index contributed by atoms with van der Waals surface area (Å²) in [4.78, 5) is 19.2. The Labute approximate surface area is 158 Å². The Bertz CT molecular complexity index is 999. The van der Waals surface area contributed by atoms with E-state index in [1.165, 1.54) is 5.39 Å². The van der Waals surface area contributed by atoms with Crippen LogP contribution in [0.15, 0.2) is 60.8 Å². The van der Waals surface area contributed by atoms with E-state index < -0.39 is 0 Å². The molecule has 4 rings (SSSR count). The molecular weight excluding hydrogens is 336 g/mol. The van der Waals surface area contributed by atoms with Gasteiger partial charge in [-0.05, 0) is 47.9 Å². The fraction of sp³-hybridized carbons (Fsp3) is 0.227. The van der Waals surface area contributed by atoms with Crippen LogP contribution in [0.3, 0.4) is 0 Å². The molecule has 3 aromatic rings. The van der Waals surface area contributed by atoms with Crippen molar-refractivity contribution in [2.24, 2.45) is 5.92 Å². The number of pyridine rings is 1. The number of aromatic nitrogens is 1. The van der Waals surface area contributed by atoms with Crippen molar-refractivity contribution in [2.75, 3.05) is 23.3 Å². The van der Waals surface area contributed by atoms with Crippen molar-refractivity contribution in [1.29, 1.82) is 5.26 Å². The van der Waals surface area contributed by atoms with Crippen LogP contribution in [0.5, 0.6) is 0 Å². The highest BCUT2D eigenvalue weighted by Gasteiger charge is 2.25. The Hall–Kier alpha value is -3.39. The molecule has 0 atom stereocenters. The van der Waals surface area contributed by atoms with Crippen LogP contribution >= 0.6 is 0 Å². The first-order valence-electron chi connectivity index (χ1n) is 9.14. The number of piperidine rings is 1. The Morgan fingerprint density at radius 2 is 1.85 bits per heavy atom. The molecule has 134 valence electrons. The lowest BCUT2D eigenvalue weighted by Crippen LogP contribution is -2.38. The molecule has 5 heteroatoms. The number of nitrogens with zero attached hydrogens (tertiary/aromatic N) is 3. The van der Waals surface area contributed by atoms with Crippen molar-refractivity contribution in [1.82, 2.24) is 4.98 Å². The van der Waals surface area contributed by atoms with E-state index in [2.05, 4.69) is 27.3 Å². The van der Waals surface area contributed by atoms with E-state index >= 15 is 0 Å². The standard InChI is InChI=1S/C22H20N4O/c23-14-16-5-8-21(24-15-16)26-11-9-18(10-12-26)22(27)25-20-7-6-17-3-1-2-4-19(17)13-20/h1-8,13,15,18H,9-12H2,(H,25,27). The number of nitrogens with one attached hydrogen (secondary N) is 1. The van der Waals surface area contributed by atoms with Crippen LogP contribution in [0.4, 0.5) is 11.5 Å². The summed E-state index contributed by atoms with van der Waals surface area (Å²) in [5, 5.41) is 14.2. The molecule has 2 heterocycles. The van der Waals surface area contributed by atoms with Crippen molar-refractivity contribution >= 4 is 28.2 Å². The predicted molar refractivity (Wildman–Crippen MR) is 106 cm³/mol. The summed E-state index contributed by atoms with van der Waals surface area (Å²) < 4.78 is 0. The molecule has 1 fully saturated rings. The molecule has 1 saturated heterocycles. The summed E-state index contributed by atoms with van der Waals surface area (Å²) in [7, 11) is 0. The quantitative estimate of drug-likeness (QED) is 0.771. The average Bonchev–Trinajstić information content (AvgIpc) is 2.74. The second-order valence-corrected chi connectivity index (χ2v) is 6.83. The van der Waals surface area contributed by atoms with E-state index in [1.54, 1.807) is 12.3 Å². The molecular formula is C22H20N4O. The van der Waals surface area contributed by atoms with Crippen LogP contribution in [-0.2, 0) is 4.79 Å². The SMILES string of the molecule is N#Cc1ccc(N2CCC(C(=O)Nc3ccc4ccccc4c3)CC2)nc1. The van der Waals surface area contributed by atoms with Crippen LogP contribution in [0, 0.1) is 17.2 Å². The lowest BCUT2D eigenvalue weighted by Gasteiger charge is -2.32. The first-order valence-corrected chi connectivity index (χ1v) is 9.14. The van der Waals surface area contributed by atoms with Crippen molar-refractivity contribution in [3.05, 3.63) is 66.4 Å². The summed E-state index contributed by atoms with van der Waals surface area (Å²) >= 11 is 0.